The molecule has 6 heteroatoms. The summed E-state index contributed by atoms with van der Waals surface area (Å²) < 4.78 is 1.51. The maximum atomic E-state index is 13.4. The van der Waals surface area contributed by atoms with Crippen molar-refractivity contribution >= 4 is 17.5 Å². The van der Waals surface area contributed by atoms with Crippen LogP contribution < -0.4 is 10.9 Å². The summed E-state index contributed by atoms with van der Waals surface area (Å²) in [5, 5.41) is 2.65. The van der Waals surface area contributed by atoms with Crippen molar-refractivity contribution in [2.75, 3.05) is 5.32 Å². The second-order valence-corrected chi connectivity index (χ2v) is 8.50. The normalized spacial score (nSPS) is 14.8. The van der Waals surface area contributed by atoms with Gasteiger partial charge >= 0.3 is 0 Å². The Labute approximate surface area is 174 Å². The van der Waals surface area contributed by atoms with Gasteiger partial charge in [-0.2, -0.15) is 0 Å². The van der Waals surface area contributed by atoms with Gasteiger partial charge in [-0.05, 0) is 49.1 Å². The first-order chi connectivity index (χ1) is 14.2. The fraction of sp³-hybridized carbons (Fsp3) is 0.250. The van der Waals surface area contributed by atoms with Crippen LogP contribution in [0.3, 0.4) is 0 Å². The minimum absolute atomic E-state index is 0.0611. The van der Waals surface area contributed by atoms with Crippen molar-refractivity contribution < 1.29 is 9.59 Å². The summed E-state index contributed by atoms with van der Waals surface area (Å²) >= 11 is 0. The number of hydrogen-bond acceptors (Lipinski definition) is 4. The number of Topliss-reactive ketones (excluding diaryl/α,β-unsaturated/α-hetero) is 1. The van der Waals surface area contributed by atoms with Crippen molar-refractivity contribution in [1.82, 2.24) is 9.55 Å². The van der Waals surface area contributed by atoms with Gasteiger partial charge in [0.05, 0.1) is 0 Å². The molecule has 1 N–H and O–H groups in total. The Morgan fingerprint density at radius 2 is 1.80 bits per heavy atom. The van der Waals surface area contributed by atoms with Gasteiger partial charge in [-0.3, -0.25) is 19.0 Å². The number of ketones is 1. The molecule has 0 unspecified atom stereocenters. The maximum Gasteiger partial charge on any atom is 0.268 e. The number of nitrogens with one attached hydrogen (secondary N) is 1. The minimum Gasteiger partial charge on any atom is -0.306 e. The third kappa shape index (κ3) is 3.68. The largest absolute Gasteiger partial charge is 0.306 e. The smallest absolute Gasteiger partial charge is 0.268 e. The summed E-state index contributed by atoms with van der Waals surface area (Å²) in [6.07, 6.45) is 2.49. The number of nitrogens with zero attached hydrogens (tertiary/aromatic N) is 2. The van der Waals surface area contributed by atoms with E-state index in [0.717, 1.165) is 5.56 Å². The fourth-order valence-electron chi connectivity index (χ4n) is 3.86. The topological polar surface area (TPSA) is 81.1 Å². The van der Waals surface area contributed by atoms with Crippen molar-refractivity contribution in [1.29, 1.82) is 0 Å². The molecule has 0 atom stereocenters. The number of anilines is 1. The number of aryl methyl sites for hydroxylation is 1. The van der Waals surface area contributed by atoms with Crippen LogP contribution in [0.5, 0.6) is 0 Å². The third-order valence-corrected chi connectivity index (χ3v) is 5.33. The van der Waals surface area contributed by atoms with E-state index in [9.17, 15) is 14.4 Å². The first-order valence-electron chi connectivity index (χ1n) is 9.87. The van der Waals surface area contributed by atoms with Crippen molar-refractivity contribution in [2.24, 2.45) is 5.41 Å². The van der Waals surface area contributed by atoms with Gasteiger partial charge in [0.25, 0.3) is 11.5 Å². The standard InChI is InChI=1S/C24H23N3O3/c1-15-7-9-16(10-8-15)27-19-13-24(2,3)14-20(28)17(19)12-18(23(27)30)22(29)26-21-6-4-5-11-25-21/h4-12H,13-14H2,1-3H3,(H,25,26,29). The Morgan fingerprint density at radius 1 is 1.07 bits per heavy atom. The highest BCUT2D eigenvalue weighted by molar-refractivity contribution is 6.06. The van der Waals surface area contributed by atoms with Gasteiger partial charge < -0.3 is 5.32 Å². The summed E-state index contributed by atoms with van der Waals surface area (Å²) in [6, 6.07) is 14.0. The van der Waals surface area contributed by atoms with Gasteiger partial charge in [0.15, 0.2) is 5.78 Å². The first kappa shape index (κ1) is 19.8. The molecule has 1 aromatic carbocycles. The van der Waals surface area contributed by atoms with E-state index in [4.69, 9.17) is 0 Å². The molecule has 0 radical (unpaired) electrons. The van der Waals surface area contributed by atoms with Gasteiger partial charge in [-0.1, -0.05) is 37.6 Å². The van der Waals surface area contributed by atoms with E-state index in [1.165, 1.54) is 10.6 Å². The molecule has 2 heterocycles. The van der Waals surface area contributed by atoms with Crippen molar-refractivity contribution in [3.05, 3.63) is 87.5 Å². The van der Waals surface area contributed by atoms with Gasteiger partial charge in [-0.25, -0.2) is 4.98 Å². The van der Waals surface area contributed by atoms with Gasteiger partial charge in [0.1, 0.15) is 11.4 Å². The molecule has 0 fully saturated rings. The number of amides is 1. The predicted octanol–water partition coefficient (Wildman–Crippen LogP) is 3.95. The van der Waals surface area contributed by atoms with E-state index < -0.39 is 11.5 Å². The number of carbonyl (C=O) groups excluding carboxylic acids is 2. The number of pyridine rings is 2. The molecule has 0 saturated heterocycles. The second kappa shape index (κ2) is 7.37. The second-order valence-electron chi connectivity index (χ2n) is 8.50. The molecule has 1 amide bonds. The zero-order chi connectivity index (χ0) is 21.5. The lowest BCUT2D eigenvalue weighted by Crippen LogP contribution is -2.37. The summed E-state index contributed by atoms with van der Waals surface area (Å²) in [7, 11) is 0. The Morgan fingerprint density at radius 3 is 2.47 bits per heavy atom. The first-order valence-corrected chi connectivity index (χ1v) is 9.87. The zero-order valence-corrected chi connectivity index (χ0v) is 17.2. The number of benzene rings is 1. The molecular weight excluding hydrogens is 378 g/mol. The molecule has 30 heavy (non-hydrogen) atoms. The number of rotatable bonds is 3. The Hall–Kier alpha value is -3.54. The molecule has 152 valence electrons. The minimum atomic E-state index is -0.583. The van der Waals surface area contributed by atoms with Crippen LogP contribution in [-0.4, -0.2) is 21.2 Å². The number of aromatic nitrogens is 2. The van der Waals surface area contributed by atoms with Crippen LogP contribution in [-0.2, 0) is 6.42 Å². The molecule has 0 aliphatic heterocycles. The van der Waals surface area contributed by atoms with Crippen LogP contribution in [0.15, 0.2) is 59.5 Å². The summed E-state index contributed by atoms with van der Waals surface area (Å²) in [6.45, 7) is 5.99. The fourth-order valence-corrected chi connectivity index (χ4v) is 3.86. The van der Waals surface area contributed by atoms with Gasteiger partial charge in [-0.15, -0.1) is 0 Å². The molecule has 1 aliphatic rings. The summed E-state index contributed by atoms with van der Waals surface area (Å²) in [5.41, 5.74) is 1.99. The number of carbonyl (C=O) groups is 2. The van der Waals surface area contributed by atoms with E-state index in [1.807, 2.05) is 45.0 Å². The van der Waals surface area contributed by atoms with E-state index >= 15 is 0 Å². The van der Waals surface area contributed by atoms with Crippen LogP contribution in [0.2, 0.25) is 0 Å². The highest BCUT2D eigenvalue weighted by Gasteiger charge is 2.35. The lowest BCUT2D eigenvalue weighted by molar-refractivity contribution is 0.0909. The van der Waals surface area contributed by atoms with Crippen LogP contribution >= 0.6 is 0 Å². The molecule has 2 aromatic heterocycles. The highest BCUT2D eigenvalue weighted by atomic mass is 16.2. The molecule has 0 bridgehead atoms. The average Bonchev–Trinajstić information content (AvgIpc) is 2.68. The quantitative estimate of drug-likeness (QED) is 0.721. The molecule has 0 saturated carbocycles. The van der Waals surface area contributed by atoms with E-state index in [1.54, 1.807) is 24.4 Å². The maximum absolute atomic E-state index is 13.4. The Kier molecular flexibility index (Phi) is 4.86. The van der Waals surface area contributed by atoms with Crippen LogP contribution in [0.25, 0.3) is 5.69 Å². The number of hydrogen-bond donors (Lipinski definition) is 1. The lowest BCUT2D eigenvalue weighted by Gasteiger charge is -2.32. The lowest BCUT2D eigenvalue weighted by atomic mass is 9.75. The van der Waals surface area contributed by atoms with E-state index in [0.29, 0.717) is 35.6 Å². The molecule has 0 spiro atoms. The van der Waals surface area contributed by atoms with E-state index in [-0.39, 0.29) is 16.8 Å². The third-order valence-electron chi connectivity index (χ3n) is 5.33. The van der Waals surface area contributed by atoms with Crippen molar-refractivity contribution in [3.8, 4) is 5.69 Å². The zero-order valence-electron chi connectivity index (χ0n) is 17.2. The monoisotopic (exact) mass is 401 g/mol. The highest BCUT2D eigenvalue weighted by Crippen LogP contribution is 2.35. The van der Waals surface area contributed by atoms with Crippen LogP contribution in [0.1, 0.15) is 52.2 Å². The Balaban J connectivity index is 1.91. The SMILES string of the molecule is Cc1ccc(-n2c3c(cc(C(=O)Nc4ccccn4)c2=O)C(=O)CC(C)(C)C3)cc1. The molecule has 1 aliphatic carbocycles. The average molecular weight is 401 g/mol. The molecule has 3 aromatic rings. The molecular formula is C24H23N3O3. The summed E-state index contributed by atoms with van der Waals surface area (Å²) in [5.74, 6) is -0.303. The molecule has 4 rings (SSSR count). The van der Waals surface area contributed by atoms with Crippen molar-refractivity contribution in [3.63, 3.8) is 0 Å². The van der Waals surface area contributed by atoms with Crippen LogP contribution in [0.4, 0.5) is 5.82 Å². The van der Waals surface area contributed by atoms with E-state index in [2.05, 4.69) is 10.3 Å². The number of fused-ring (bicyclic) bond motifs is 1. The predicted molar refractivity (Wildman–Crippen MR) is 115 cm³/mol. The van der Waals surface area contributed by atoms with Crippen LogP contribution in [0, 0.1) is 12.3 Å². The Bertz CT molecular complexity index is 1190. The van der Waals surface area contributed by atoms with Crippen molar-refractivity contribution in [2.45, 2.75) is 33.6 Å². The van der Waals surface area contributed by atoms with Gasteiger partial charge in [0, 0.05) is 29.6 Å². The van der Waals surface area contributed by atoms with Gasteiger partial charge in [0.2, 0.25) is 0 Å². The summed E-state index contributed by atoms with van der Waals surface area (Å²) in [4.78, 5) is 43.4. The molecule has 6 nitrogen and oxygen atoms in total.